The lowest BCUT2D eigenvalue weighted by Crippen LogP contribution is -2.57. The minimum atomic E-state index is -0.697. The van der Waals surface area contributed by atoms with Crippen molar-refractivity contribution < 1.29 is 14.4 Å². The Bertz CT molecular complexity index is 1510. The number of hydrogen-bond donors (Lipinski definition) is 0. The van der Waals surface area contributed by atoms with Crippen LogP contribution in [0.25, 0.3) is 16.8 Å². The number of aryl methyl sites for hydroxylation is 1. The van der Waals surface area contributed by atoms with Crippen molar-refractivity contribution in [3.63, 3.8) is 0 Å². The third-order valence-electron chi connectivity index (χ3n) is 6.46. The van der Waals surface area contributed by atoms with E-state index in [4.69, 9.17) is 0 Å². The minimum Gasteiger partial charge on any atom is -0.268 e. The molecule has 5 heteroatoms. The van der Waals surface area contributed by atoms with E-state index in [1.165, 1.54) is 0 Å². The van der Waals surface area contributed by atoms with Crippen molar-refractivity contribution in [1.82, 2.24) is 0 Å². The Morgan fingerprint density at radius 3 is 2.03 bits per heavy atom. The molecule has 178 valence electrons. The fraction of sp³-hybridized carbons (Fsp3) is 0.129. The molecule has 0 atom stereocenters. The van der Waals surface area contributed by atoms with Gasteiger partial charge in [0.25, 0.3) is 11.8 Å². The Balaban J connectivity index is 1.68. The van der Waals surface area contributed by atoms with Crippen molar-refractivity contribution in [2.45, 2.75) is 26.7 Å². The number of amides is 4. The fourth-order valence-electron chi connectivity index (χ4n) is 4.41. The van der Waals surface area contributed by atoms with Crippen LogP contribution >= 0.6 is 0 Å². The molecule has 4 aromatic rings. The molecule has 0 N–H and O–H groups in total. The summed E-state index contributed by atoms with van der Waals surface area (Å²) in [6.45, 7) is 6.14. The average Bonchev–Trinajstić information content (AvgIpc) is 2.88. The Morgan fingerprint density at radius 1 is 0.694 bits per heavy atom. The molecular weight excluding hydrogens is 448 g/mol. The summed E-state index contributed by atoms with van der Waals surface area (Å²) >= 11 is 0. The van der Waals surface area contributed by atoms with Gasteiger partial charge in [0.2, 0.25) is 0 Å². The van der Waals surface area contributed by atoms with Crippen LogP contribution in [-0.2, 0) is 9.59 Å². The first-order valence-electron chi connectivity index (χ1n) is 11.9. The maximum atomic E-state index is 13.8. The van der Waals surface area contributed by atoms with Gasteiger partial charge in [-0.3, -0.25) is 9.59 Å². The molecule has 1 saturated heterocycles. The third-order valence-corrected chi connectivity index (χ3v) is 6.46. The second kappa shape index (κ2) is 9.27. The first-order chi connectivity index (χ1) is 17.3. The van der Waals surface area contributed by atoms with E-state index in [-0.39, 0.29) is 5.57 Å². The molecule has 0 saturated carbocycles. The van der Waals surface area contributed by atoms with Gasteiger partial charge >= 0.3 is 6.03 Å². The standard InChI is InChI=1S/C31H26N2O3/c1-20(2)23-15-13-22(14-16-23)19-27-29(34)32(25-17-11-21(3)12-18-25)31(36)33(30(27)35)28-10-6-8-24-7-4-5-9-26(24)28/h4-20H,1-3H3/b27-19+. The number of nitrogens with zero attached hydrogens (tertiary/aromatic N) is 2. The van der Waals surface area contributed by atoms with Gasteiger partial charge in [-0.2, -0.15) is 0 Å². The van der Waals surface area contributed by atoms with E-state index in [1.54, 1.807) is 30.3 Å². The smallest absolute Gasteiger partial charge is 0.268 e. The van der Waals surface area contributed by atoms with Crippen LogP contribution in [0.3, 0.4) is 0 Å². The molecule has 0 aliphatic carbocycles. The monoisotopic (exact) mass is 474 g/mol. The zero-order valence-corrected chi connectivity index (χ0v) is 20.4. The van der Waals surface area contributed by atoms with E-state index in [0.717, 1.165) is 31.7 Å². The summed E-state index contributed by atoms with van der Waals surface area (Å²) in [6.07, 6.45) is 1.57. The number of urea groups is 1. The molecule has 36 heavy (non-hydrogen) atoms. The largest absolute Gasteiger partial charge is 0.343 e. The molecule has 0 radical (unpaired) electrons. The SMILES string of the molecule is Cc1ccc(N2C(=O)/C(=C\c3ccc(C(C)C)cc3)C(=O)N(c3cccc4ccccc34)C2=O)cc1. The Labute approximate surface area is 210 Å². The number of imide groups is 2. The highest BCUT2D eigenvalue weighted by atomic mass is 16.2. The highest BCUT2D eigenvalue weighted by Gasteiger charge is 2.44. The summed E-state index contributed by atoms with van der Waals surface area (Å²) in [7, 11) is 0. The summed E-state index contributed by atoms with van der Waals surface area (Å²) in [5.74, 6) is -0.919. The zero-order valence-electron chi connectivity index (χ0n) is 20.4. The van der Waals surface area contributed by atoms with Gasteiger partial charge in [-0.15, -0.1) is 0 Å². The summed E-state index contributed by atoms with van der Waals surface area (Å²) in [4.78, 5) is 43.4. The molecule has 0 bridgehead atoms. The van der Waals surface area contributed by atoms with Gasteiger partial charge in [0.1, 0.15) is 5.57 Å². The van der Waals surface area contributed by atoms with Gasteiger partial charge in [0.15, 0.2) is 0 Å². The van der Waals surface area contributed by atoms with E-state index in [9.17, 15) is 14.4 Å². The van der Waals surface area contributed by atoms with Crippen LogP contribution in [0, 0.1) is 6.92 Å². The molecule has 1 fully saturated rings. The maximum Gasteiger partial charge on any atom is 0.343 e. The highest BCUT2D eigenvalue weighted by molar-refractivity contribution is 6.46. The molecule has 0 unspecified atom stereocenters. The third kappa shape index (κ3) is 4.09. The molecule has 5 nitrogen and oxygen atoms in total. The molecule has 1 heterocycles. The van der Waals surface area contributed by atoms with Gasteiger partial charge in [-0.25, -0.2) is 14.6 Å². The van der Waals surface area contributed by atoms with Crippen LogP contribution in [0.2, 0.25) is 0 Å². The van der Waals surface area contributed by atoms with Crippen LogP contribution in [-0.4, -0.2) is 17.8 Å². The topological polar surface area (TPSA) is 57.7 Å². The summed E-state index contributed by atoms with van der Waals surface area (Å²) in [6, 6.07) is 27.2. The van der Waals surface area contributed by atoms with Crippen molar-refractivity contribution in [2.75, 3.05) is 9.80 Å². The predicted octanol–water partition coefficient (Wildman–Crippen LogP) is 6.86. The van der Waals surface area contributed by atoms with Crippen LogP contribution in [0.4, 0.5) is 16.2 Å². The second-order valence-corrected chi connectivity index (χ2v) is 9.28. The quantitative estimate of drug-likeness (QED) is 0.240. The van der Waals surface area contributed by atoms with Crippen molar-refractivity contribution in [2.24, 2.45) is 0 Å². The fourth-order valence-corrected chi connectivity index (χ4v) is 4.41. The van der Waals surface area contributed by atoms with Crippen LogP contribution in [0.15, 0.2) is 96.6 Å². The van der Waals surface area contributed by atoms with E-state index in [1.807, 2.05) is 73.7 Å². The number of benzene rings is 4. The number of hydrogen-bond acceptors (Lipinski definition) is 3. The molecule has 4 aromatic carbocycles. The number of rotatable bonds is 4. The van der Waals surface area contributed by atoms with Crippen molar-refractivity contribution in [3.8, 4) is 0 Å². The Morgan fingerprint density at radius 2 is 1.33 bits per heavy atom. The molecule has 0 aromatic heterocycles. The van der Waals surface area contributed by atoms with Crippen LogP contribution in [0.1, 0.15) is 36.5 Å². The first-order valence-corrected chi connectivity index (χ1v) is 11.9. The van der Waals surface area contributed by atoms with Crippen molar-refractivity contribution in [3.05, 3.63) is 113 Å². The van der Waals surface area contributed by atoms with E-state index < -0.39 is 17.8 Å². The van der Waals surface area contributed by atoms with E-state index in [2.05, 4.69) is 13.8 Å². The van der Waals surface area contributed by atoms with Crippen LogP contribution < -0.4 is 9.80 Å². The number of fused-ring (bicyclic) bond motifs is 1. The van der Waals surface area contributed by atoms with E-state index >= 15 is 0 Å². The lowest BCUT2D eigenvalue weighted by Gasteiger charge is -2.34. The molecule has 0 spiro atoms. The van der Waals surface area contributed by atoms with Gasteiger partial charge in [-0.05, 0) is 53.6 Å². The molecule has 1 aliphatic rings. The average molecular weight is 475 g/mol. The predicted molar refractivity (Wildman–Crippen MR) is 144 cm³/mol. The summed E-state index contributed by atoms with van der Waals surface area (Å²) < 4.78 is 0. The lowest BCUT2D eigenvalue weighted by atomic mass is 9.99. The summed E-state index contributed by atoms with van der Waals surface area (Å²) in [5, 5.41) is 1.64. The second-order valence-electron chi connectivity index (χ2n) is 9.28. The van der Waals surface area contributed by atoms with Gasteiger partial charge in [0.05, 0.1) is 11.4 Å². The summed E-state index contributed by atoms with van der Waals surface area (Å²) in [5.41, 5.74) is 3.65. The number of carbonyl (C=O) groups excluding carboxylic acids is 3. The Hall–Kier alpha value is -4.51. The number of anilines is 2. The van der Waals surface area contributed by atoms with Crippen LogP contribution in [0.5, 0.6) is 0 Å². The minimum absolute atomic E-state index is 0.0691. The van der Waals surface area contributed by atoms with E-state index in [0.29, 0.717) is 22.9 Å². The van der Waals surface area contributed by atoms with Gasteiger partial charge in [0, 0.05) is 5.39 Å². The van der Waals surface area contributed by atoms with Gasteiger partial charge in [-0.1, -0.05) is 92.2 Å². The first kappa shape index (κ1) is 23.2. The molecular formula is C31H26N2O3. The molecule has 5 rings (SSSR count). The van der Waals surface area contributed by atoms with Crippen molar-refractivity contribution >= 4 is 46.1 Å². The van der Waals surface area contributed by atoms with Gasteiger partial charge < -0.3 is 0 Å². The normalized spacial score (nSPS) is 15.4. The molecule has 1 aliphatic heterocycles. The Kier molecular flexibility index (Phi) is 5.98. The number of carbonyl (C=O) groups is 3. The maximum absolute atomic E-state index is 13.8. The molecule has 4 amide bonds. The lowest BCUT2D eigenvalue weighted by molar-refractivity contribution is -0.121. The van der Waals surface area contributed by atoms with Crippen molar-refractivity contribution in [1.29, 1.82) is 0 Å². The zero-order chi connectivity index (χ0) is 25.4. The number of barbiturate groups is 1. The highest BCUT2D eigenvalue weighted by Crippen LogP contribution is 2.34.